The van der Waals surface area contributed by atoms with Crippen molar-refractivity contribution in [1.29, 1.82) is 0 Å². The summed E-state index contributed by atoms with van der Waals surface area (Å²) < 4.78 is 0. The van der Waals surface area contributed by atoms with Gasteiger partial charge in [-0.2, -0.15) is 0 Å². The van der Waals surface area contributed by atoms with Gasteiger partial charge >= 0.3 is 0 Å². The molecule has 2 N–H and O–H groups in total. The standard InChI is InChI=1S/C18H23N3O2/c1-4-5-14-6-8-15(9-7-14)21-17(22)11-10-16-12(2)19-13(3)20-18(16)23/h6-9H,4-5,10-11H2,1-3H3,(H,21,22)(H,19,20,23). The van der Waals surface area contributed by atoms with Crippen molar-refractivity contribution in [2.24, 2.45) is 0 Å². The number of benzene rings is 1. The molecule has 0 saturated carbocycles. The Labute approximate surface area is 136 Å². The van der Waals surface area contributed by atoms with Crippen LogP contribution in [-0.2, 0) is 17.6 Å². The third-order valence-electron chi connectivity index (χ3n) is 3.72. The van der Waals surface area contributed by atoms with Crippen LogP contribution in [0.1, 0.15) is 42.4 Å². The molecule has 1 aromatic carbocycles. The minimum absolute atomic E-state index is 0.104. The Morgan fingerprint density at radius 3 is 2.48 bits per heavy atom. The summed E-state index contributed by atoms with van der Waals surface area (Å²) in [6.45, 7) is 5.67. The molecule has 0 aliphatic rings. The Morgan fingerprint density at radius 1 is 1.17 bits per heavy atom. The topological polar surface area (TPSA) is 74.8 Å². The lowest BCUT2D eigenvalue weighted by Crippen LogP contribution is -2.20. The summed E-state index contributed by atoms with van der Waals surface area (Å²) in [6, 6.07) is 7.87. The second kappa shape index (κ2) is 7.72. The van der Waals surface area contributed by atoms with Gasteiger partial charge in [0.05, 0.1) is 0 Å². The van der Waals surface area contributed by atoms with E-state index < -0.39 is 0 Å². The highest BCUT2D eigenvalue weighted by Gasteiger charge is 2.10. The number of carbonyl (C=O) groups excluding carboxylic acids is 1. The Kier molecular flexibility index (Phi) is 5.68. The first kappa shape index (κ1) is 16.9. The molecule has 2 aromatic rings. The molecule has 0 atom stereocenters. The van der Waals surface area contributed by atoms with Crippen LogP contribution in [0.15, 0.2) is 29.1 Å². The number of hydrogen-bond donors (Lipinski definition) is 2. The number of amides is 1. The van der Waals surface area contributed by atoms with Gasteiger partial charge in [-0.1, -0.05) is 25.5 Å². The molecule has 1 amide bonds. The van der Waals surface area contributed by atoms with Gasteiger partial charge in [-0.25, -0.2) is 4.98 Å². The molecule has 0 aliphatic heterocycles. The summed E-state index contributed by atoms with van der Waals surface area (Å²) in [7, 11) is 0. The summed E-state index contributed by atoms with van der Waals surface area (Å²) in [5.41, 5.74) is 3.14. The van der Waals surface area contributed by atoms with Crippen molar-refractivity contribution in [3.05, 3.63) is 57.3 Å². The van der Waals surface area contributed by atoms with Gasteiger partial charge in [-0.05, 0) is 44.4 Å². The number of nitrogens with zero attached hydrogens (tertiary/aromatic N) is 1. The lowest BCUT2D eigenvalue weighted by Gasteiger charge is -2.07. The molecular formula is C18H23N3O2. The Morgan fingerprint density at radius 2 is 1.87 bits per heavy atom. The minimum Gasteiger partial charge on any atom is -0.326 e. The van der Waals surface area contributed by atoms with E-state index in [1.54, 1.807) is 13.8 Å². The van der Waals surface area contributed by atoms with Gasteiger partial charge in [0, 0.05) is 23.4 Å². The number of hydrogen-bond acceptors (Lipinski definition) is 3. The van der Waals surface area contributed by atoms with Crippen molar-refractivity contribution in [3.63, 3.8) is 0 Å². The number of anilines is 1. The monoisotopic (exact) mass is 313 g/mol. The predicted octanol–water partition coefficient (Wildman–Crippen LogP) is 2.91. The quantitative estimate of drug-likeness (QED) is 0.861. The number of aromatic amines is 1. The van der Waals surface area contributed by atoms with Crippen LogP contribution in [0.3, 0.4) is 0 Å². The van der Waals surface area contributed by atoms with Crippen LogP contribution in [0.2, 0.25) is 0 Å². The van der Waals surface area contributed by atoms with Crippen LogP contribution < -0.4 is 10.9 Å². The predicted molar refractivity (Wildman–Crippen MR) is 91.7 cm³/mol. The molecule has 5 heteroatoms. The van der Waals surface area contributed by atoms with Crippen LogP contribution >= 0.6 is 0 Å². The van der Waals surface area contributed by atoms with Crippen molar-refractivity contribution in [3.8, 4) is 0 Å². The van der Waals surface area contributed by atoms with Gasteiger partial charge in [0.1, 0.15) is 5.82 Å². The third-order valence-corrected chi connectivity index (χ3v) is 3.72. The number of aromatic nitrogens is 2. The van der Waals surface area contributed by atoms with E-state index >= 15 is 0 Å². The largest absolute Gasteiger partial charge is 0.326 e. The number of aryl methyl sites for hydroxylation is 3. The molecule has 0 spiro atoms. The molecule has 0 bridgehead atoms. The number of H-pyrrole nitrogens is 1. The number of nitrogens with one attached hydrogen (secondary N) is 2. The highest BCUT2D eigenvalue weighted by molar-refractivity contribution is 5.90. The summed E-state index contributed by atoms with van der Waals surface area (Å²) in [5.74, 6) is 0.487. The van der Waals surface area contributed by atoms with Crippen LogP contribution in [0.25, 0.3) is 0 Å². The summed E-state index contributed by atoms with van der Waals surface area (Å²) in [6.07, 6.45) is 2.78. The van der Waals surface area contributed by atoms with Crippen LogP contribution in [0, 0.1) is 13.8 Å². The fourth-order valence-corrected chi connectivity index (χ4v) is 2.55. The maximum atomic E-state index is 12.0. The molecule has 0 aliphatic carbocycles. The van der Waals surface area contributed by atoms with E-state index in [0.29, 0.717) is 23.5 Å². The lowest BCUT2D eigenvalue weighted by molar-refractivity contribution is -0.116. The molecule has 0 fully saturated rings. The average Bonchev–Trinajstić information content (AvgIpc) is 2.48. The molecule has 122 valence electrons. The molecule has 0 radical (unpaired) electrons. The molecule has 0 saturated heterocycles. The molecule has 0 unspecified atom stereocenters. The van der Waals surface area contributed by atoms with Crippen molar-refractivity contribution in [2.45, 2.75) is 46.5 Å². The Hall–Kier alpha value is -2.43. The molecule has 1 heterocycles. The molecule has 23 heavy (non-hydrogen) atoms. The van der Waals surface area contributed by atoms with E-state index in [-0.39, 0.29) is 17.9 Å². The molecular weight excluding hydrogens is 290 g/mol. The van der Waals surface area contributed by atoms with E-state index in [2.05, 4.69) is 22.2 Å². The van der Waals surface area contributed by atoms with Gasteiger partial charge in [-0.3, -0.25) is 9.59 Å². The number of carbonyl (C=O) groups is 1. The normalized spacial score (nSPS) is 10.6. The minimum atomic E-state index is -0.160. The van der Waals surface area contributed by atoms with Crippen molar-refractivity contribution < 1.29 is 4.79 Å². The molecule has 5 nitrogen and oxygen atoms in total. The Bertz CT molecular complexity index is 733. The molecule has 1 aromatic heterocycles. The van der Waals surface area contributed by atoms with E-state index in [1.807, 2.05) is 24.3 Å². The average molecular weight is 313 g/mol. The number of rotatable bonds is 6. The fourth-order valence-electron chi connectivity index (χ4n) is 2.55. The van der Waals surface area contributed by atoms with Crippen LogP contribution in [0.5, 0.6) is 0 Å². The zero-order valence-electron chi connectivity index (χ0n) is 13.9. The highest BCUT2D eigenvalue weighted by atomic mass is 16.1. The fraction of sp³-hybridized carbons (Fsp3) is 0.389. The van der Waals surface area contributed by atoms with Crippen molar-refractivity contribution in [2.75, 3.05) is 5.32 Å². The van der Waals surface area contributed by atoms with Crippen molar-refractivity contribution in [1.82, 2.24) is 9.97 Å². The van der Waals surface area contributed by atoms with Gasteiger partial charge in [0.25, 0.3) is 5.56 Å². The summed E-state index contributed by atoms with van der Waals surface area (Å²) >= 11 is 0. The second-order valence-corrected chi connectivity index (χ2v) is 5.71. The maximum Gasteiger partial charge on any atom is 0.254 e. The van der Waals surface area contributed by atoms with Crippen molar-refractivity contribution >= 4 is 11.6 Å². The zero-order chi connectivity index (χ0) is 16.8. The van der Waals surface area contributed by atoms with Crippen LogP contribution in [0.4, 0.5) is 5.69 Å². The van der Waals surface area contributed by atoms with E-state index in [9.17, 15) is 9.59 Å². The van der Waals surface area contributed by atoms with Gasteiger partial charge < -0.3 is 10.3 Å². The summed E-state index contributed by atoms with van der Waals surface area (Å²) in [5, 5.41) is 2.86. The van der Waals surface area contributed by atoms with Crippen LogP contribution in [-0.4, -0.2) is 15.9 Å². The SMILES string of the molecule is CCCc1ccc(NC(=O)CCc2c(C)nc(C)[nH]c2=O)cc1. The third kappa shape index (κ3) is 4.77. The first-order valence-electron chi connectivity index (χ1n) is 7.94. The van der Waals surface area contributed by atoms with Gasteiger partial charge in [0.15, 0.2) is 0 Å². The zero-order valence-corrected chi connectivity index (χ0v) is 13.9. The maximum absolute atomic E-state index is 12.0. The second-order valence-electron chi connectivity index (χ2n) is 5.71. The van der Waals surface area contributed by atoms with Gasteiger partial charge in [-0.15, -0.1) is 0 Å². The first-order valence-corrected chi connectivity index (χ1v) is 7.94. The first-order chi connectivity index (χ1) is 11.0. The highest BCUT2D eigenvalue weighted by Crippen LogP contribution is 2.12. The Balaban J connectivity index is 1.94. The smallest absolute Gasteiger partial charge is 0.254 e. The van der Waals surface area contributed by atoms with Gasteiger partial charge in [0.2, 0.25) is 5.91 Å². The van der Waals surface area contributed by atoms with E-state index in [1.165, 1.54) is 5.56 Å². The molecule has 2 rings (SSSR count). The van der Waals surface area contributed by atoms with E-state index in [0.717, 1.165) is 18.5 Å². The lowest BCUT2D eigenvalue weighted by atomic mass is 10.1. The van der Waals surface area contributed by atoms with E-state index in [4.69, 9.17) is 0 Å². The summed E-state index contributed by atoms with van der Waals surface area (Å²) in [4.78, 5) is 30.9.